The summed E-state index contributed by atoms with van der Waals surface area (Å²) in [6.45, 7) is 6.04. The van der Waals surface area contributed by atoms with E-state index in [9.17, 15) is 8.42 Å². The molecule has 2 aromatic heterocycles. The molecule has 20 heavy (non-hydrogen) atoms. The highest BCUT2D eigenvalue weighted by atomic mass is 32.2. The summed E-state index contributed by atoms with van der Waals surface area (Å²) in [6, 6.07) is 2.93. The molecule has 0 radical (unpaired) electrons. The third kappa shape index (κ3) is 3.07. The molecule has 6 nitrogen and oxygen atoms in total. The zero-order valence-electron chi connectivity index (χ0n) is 11.4. The van der Waals surface area contributed by atoms with E-state index in [0.717, 1.165) is 5.69 Å². The van der Waals surface area contributed by atoms with Crippen molar-refractivity contribution in [1.82, 2.24) is 9.97 Å². The van der Waals surface area contributed by atoms with Gasteiger partial charge in [0.05, 0.1) is 5.69 Å². The minimum atomic E-state index is -3.77. The molecule has 0 fully saturated rings. The van der Waals surface area contributed by atoms with E-state index in [1.165, 1.54) is 29.7 Å². The lowest BCUT2D eigenvalue weighted by Gasteiger charge is -2.14. The predicted molar refractivity (Wildman–Crippen MR) is 80.3 cm³/mol. The second kappa shape index (κ2) is 5.02. The lowest BCUT2D eigenvalue weighted by molar-refractivity contribution is 0.573. The molecule has 0 saturated heterocycles. The van der Waals surface area contributed by atoms with Gasteiger partial charge in [0.2, 0.25) is 0 Å². The van der Waals surface area contributed by atoms with Gasteiger partial charge in [0, 0.05) is 17.0 Å². The summed E-state index contributed by atoms with van der Waals surface area (Å²) in [5.41, 5.74) is 6.29. The van der Waals surface area contributed by atoms with Gasteiger partial charge < -0.3 is 5.73 Å². The first-order chi connectivity index (χ1) is 9.20. The molecule has 0 saturated carbocycles. The first-order valence-corrected chi connectivity index (χ1v) is 8.26. The van der Waals surface area contributed by atoms with Gasteiger partial charge in [0.25, 0.3) is 10.0 Å². The molecule has 3 N–H and O–H groups in total. The number of nitrogens with one attached hydrogen (secondary N) is 1. The molecule has 0 amide bonds. The molecular weight excluding hydrogens is 296 g/mol. The van der Waals surface area contributed by atoms with Gasteiger partial charge in [0.15, 0.2) is 5.13 Å². The fourth-order valence-electron chi connectivity index (χ4n) is 1.47. The third-order valence-corrected chi connectivity index (χ3v) is 4.86. The van der Waals surface area contributed by atoms with Crippen LogP contribution in [0.15, 0.2) is 28.6 Å². The SMILES string of the molecule is CC(C)(C)c1csc(NS(=O)(=O)c2cccnc2N)n1. The van der Waals surface area contributed by atoms with Crippen molar-refractivity contribution in [3.63, 3.8) is 0 Å². The van der Waals surface area contributed by atoms with E-state index in [2.05, 4.69) is 14.7 Å². The smallest absolute Gasteiger partial charge is 0.267 e. The van der Waals surface area contributed by atoms with E-state index in [1.807, 2.05) is 26.2 Å². The van der Waals surface area contributed by atoms with Crippen molar-refractivity contribution in [2.24, 2.45) is 0 Å². The highest BCUT2D eigenvalue weighted by Crippen LogP contribution is 2.28. The maximum atomic E-state index is 12.2. The maximum absolute atomic E-state index is 12.2. The van der Waals surface area contributed by atoms with Crippen molar-refractivity contribution in [3.8, 4) is 0 Å². The summed E-state index contributed by atoms with van der Waals surface area (Å²) in [6.07, 6.45) is 1.44. The van der Waals surface area contributed by atoms with Crippen LogP contribution in [0.1, 0.15) is 26.5 Å². The monoisotopic (exact) mass is 312 g/mol. The molecule has 0 aromatic carbocycles. The summed E-state index contributed by atoms with van der Waals surface area (Å²) in [5.74, 6) is -0.0346. The van der Waals surface area contributed by atoms with Crippen LogP contribution >= 0.6 is 11.3 Å². The number of rotatable bonds is 3. The Balaban J connectivity index is 2.30. The van der Waals surface area contributed by atoms with Crippen LogP contribution in [0.4, 0.5) is 10.9 Å². The van der Waals surface area contributed by atoms with Crippen molar-refractivity contribution in [2.75, 3.05) is 10.5 Å². The number of pyridine rings is 1. The molecule has 108 valence electrons. The largest absolute Gasteiger partial charge is 0.383 e. The summed E-state index contributed by atoms with van der Waals surface area (Å²) >= 11 is 1.24. The average Bonchev–Trinajstić information content (AvgIpc) is 2.76. The van der Waals surface area contributed by atoms with Crippen LogP contribution in [-0.2, 0) is 15.4 Å². The zero-order chi connectivity index (χ0) is 15.0. The molecule has 0 atom stereocenters. The minimum absolute atomic E-state index is 0.0346. The van der Waals surface area contributed by atoms with E-state index in [4.69, 9.17) is 5.73 Å². The van der Waals surface area contributed by atoms with Gasteiger partial charge in [0.1, 0.15) is 10.7 Å². The summed E-state index contributed by atoms with van der Waals surface area (Å²) in [5, 5.41) is 2.16. The Morgan fingerprint density at radius 1 is 1.35 bits per heavy atom. The van der Waals surface area contributed by atoms with Crippen LogP contribution in [0.2, 0.25) is 0 Å². The van der Waals surface area contributed by atoms with Gasteiger partial charge in [-0.2, -0.15) is 0 Å². The number of nitrogen functional groups attached to an aromatic ring is 1. The number of thiazole rings is 1. The summed E-state index contributed by atoms with van der Waals surface area (Å²) in [7, 11) is -3.77. The number of nitrogens with two attached hydrogens (primary N) is 1. The average molecular weight is 312 g/mol. The molecule has 0 aliphatic heterocycles. The lowest BCUT2D eigenvalue weighted by atomic mass is 9.93. The fraction of sp³-hybridized carbons (Fsp3) is 0.333. The van der Waals surface area contributed by atoms with Crippen LogP contribution in [0.25, 0.3) is 0 Å². The Bertz CT molecular complexity index is 717. The normalized spacial score (nSPS) is 12.3. The molecule has 2 heterocycles. The Hall–Kier alpha value is -1.67. The standard InChI is InChI=1S/C12H16N4O2S2/c1-12(2,3)9-7-19-11(15-9)16-20(17,18)8-5-4-6-14-10(8)13/h4-7H,1-3H3,(H2,13,14)(H,15,16). The molecule has 8 heteroatoms. The molecule has 0 aliphatic rings. The van der Waals surface area contributed by atoms with Crippen molar-refractivity contribution >= 4 is 32.3 Å². The zero-order valence-corrected chi connectivity index (χ0v) is 13.0. The van der Waals surface area contributed by atoms with E-state index < -0.39 is 10.0 Å². The number of aromatic nitrogens is 2. The molecule has 2 aromatic rings. The third-order valence-electron chi connectivity index (χ3n) is 2.58. The van der Waals surface area contributed by atoms with Crippen molar-refractivity contribution < 1.29 is 8.42 Å². The van der Waals surface area contributed by atoms with E-state index in [0.29, 0.717) is 5.13 Å². The second-order valence-electron chi connectivity index (χ2n) is 5.28. The van der Waals surface area contributed by atoms with Crippen LogP contribution in [-0.4, -0.2) is 18.4 Å². The Labute approximate surface area is 122 Å². The fourth-order valence-corrected chi connectivity index (χ4v) is 3.74. The highest BCUT2D eigenvalue weighted by Gasteiger charge is 2.22. The van der Waals surface area contributed by atoms with Crippen LogP contribution < -0.4 is 10.5 Å². The molecule has 0 aliphatic carbocycles. The summed E-state index contributed by atoms with van der Waals surface area (Å²) < 4.78 is 26.9. The van der Waals surface area contributed by atoms with Crippen LogP contribution in [0, 0.1) is 0 Å². The van der Waals surface area contributed by atoms with E-state index >= 15 is 0 Å². The molecular formula is C12H16N4O2S2. The van der Waals surface area contributed by atoms with Gasteiger partial charge >= 0.3 is 0 Å². The van der Waals surface area contributed by atoms with Gasteiger partial charge in [-0.25, -0.2) is 18.4 Å². The minimum Gasteiger partial charge on any atom is -0.383 e. The molecule has 0 unspecified atom stereocenters. The Morgan fingerprint density at radius 3 is 2.60 bits per heavy atom. The van der Waals surface area contributed by atoms with E-state index in [-0.39, 0.29) is 16.1 Å². The molecule has 2 rings (SSSR count). The lowest BCUT2D eigenvalue weighted by Crippen LogP contribution is -2.16. The van der Waals surface area contributed by atoms with Gasteiger partial charge in [-0.05, 0) is 12.1 Å². The highest BCUT2D eigenvalue weighted by molar-refractivity contribution is 7.93. The first kappa shape index (κ1) is 14.7. The summed E-state index contributed by atoms with van der Waals surface area (Å²) in [4.78, 5) is 8.01. The Kier molecular flexibility index (Phi) is 3.70. The van der Waals surface area contributed by atoms with Crippen LogP contribution in [0.5, 0.6) is 0 Å². The quantitative estimate of drug-likeness (QED) is 0.905. The Morgan fingerprint density at radius 2 is 2.05 bits per heavy atom. The second-order valence-corrected chi connectivity index (χ2v) is 7.79. The van der Waals surface area contributed by atoms with Gasteiger partial charge in [-0.1, -0.05) is 20.8 Å². The molecule has 0 bridgehead atoms. The topological polar surface area (TPSA) is 98.0 Å². The van der Waals surface area contributed by atoms with Crippen molar-refractivity contribution in [3.05, 3.63) is 29.4 Å². The number of nitrogens with zero attached hydrogens (tertiary/aromatic N) is 2. The number of hydrogen-bond donors (Lipinski definition) is 2. The number of hydrogen-bond acceptors (Lipinski definition) is 6. The molecule has 0 spiro atoms. The first-order valence-electron chi connectivity index (χ1n) is 5.89. The van der Waals surface area contributed by atoms with Gasteiger partial charge in [-0.3, -0.25) is 4.72 Å². The number of sulfonamides is 1. The maximum Gasteiger partial charge on any atom is 0.267 e. The van der Waals surface area contributed by atoms with Gasteiger partial charge in [-0.15, -0.1) is 11.3 Å². The predicted octanol–water partition coefficient (Wildman–Crippen LogP) is 2.22. The van der Waals surface area contributed by atoms with E-state index in [1.54, 1.807) is 0 Å². The number of anilines is 2. The van der Waals surface area contributed by atoms with Crippen molar-refractivity contribution in [2.45, 2.75) is 31.1 Å². The van der Waals surface area contributed by atoms with Crippen molar-refractivity contribution in [1.29, 1.82) is 0 Å². The van der Waals surface area contributed by atoms with Crippen LogP contribution in [0.3, 0.4) is 0 Å².